The van der Waals surface area contributed by atoms with Crippen molar-refractivity contribution in [2.45, 2.75) is 50.1 Å². The van der Waals surface area contributed by atoms with Crippen LogP contribution in [0.1, 0.15) is 38.5 Å². The quantitative estimate of drug-likeness (QED) is 0.429. The number of ether oxygens (including phenoxy) is 1. The second-order valence-corrected chi connectivity index (χ2v) is 6.15. The lowest BCUT2D eigenvalue weighted by atomic mass is 10.2. The molecule has 5 nitrogen and oxygen atoms in total. The molecule has 3 aliphatic rings. The molecule has 0 atom stereocenters. The summed E-state index contributed by atoms with van der Waals surface area (Å²) >= 11 is 0. The monoisotopic (exact) mass is 394 g/mol. The average Bonchev–Trinajstić information content (AvgIpc) is 3.08. The molecule has 0 aromatic rings. The van der Waals surface area contributed by atoms with Gasteiger partial charge in [-0.3, -0.25) is 9.89 Å². The molecule has 3 rings (SSSR count). The third kappa shape index (κ3) is 3.98. The molecule has 2 saturated carbocycles. The van der Waals surface area contributed by atoms with Crippen LogP contribution in [-0.4, -0.2) is 55.3 Å². The zero-order valence-corrected chi connectivity index (χ0v) is 14.5. The van der Waals surface area contributed by atoms with Crippen molar-refractivity contribution in [1.82, 2.24) is 10.2 Å². The van der Waals surface area contributed by atoms with Gasteiger partial charge in [0.15, 0.2) is 5.96 Å². The summed E-state index contributed by atoms with van der Waals surface area (Å²) in [5.41, 5.74) is 6.31. The highest BCUT2D eigenvalue weighted by atomic mass is 127. The Morgan fingerprint density at radius 3 is 2.50 bits per heavy atom. The molecule has 0 aromatic heterocycles. The molecule has 1 aliphatic heterocycles. The highest BCUT2D eigenvalue weighted by molar-refractivity contribution is 14.0. The Kier molecular flexibility index (Phi) is 5.92. The van der Waals surface area contributed by atoms with Crippen LogP contribution in [0.15, 0.2) is 4.99 Å². The molecule has 6 heteroatoms. The van der Waals surface area contributed by atoms with Crippen molar-refractivity contribution in [3.05, 3.63) is 0 Å². The number of hydrogen-bond acceptors (Lipinski definition) is 3. The fourth-order valence-corrected chi connectivity index (χ4v) is 3.31. The third-order valence-corrected chi connectivity index (χ3v) is 4.76. The minimum absolute atomic E-state index is 0. The molecule has 0 bridgehead atoms. The first-order chi connectivity index (χ1) is 9.28. The molecular weight excluding hydrogens is 367 g/mol. The van der Waals surface area contributed by atoms with Gasteiger partial charge < -0.3 is 15.8 Å². The minimum atomic E-state index is 0. The predicted octanol–water partition coefficient (Wildman–Crippen LogP) is 1.32. The van der Waals surface area contributed by atoms with E-state index in [1.54, 1.807) is 0 Å². The van der Waals surface area contributed by atoms with Crippen molar-refractivity contribution < 1.29 is 4.74 Å². The number of nitrogens with one attached hydrogen (secondary N) is 1. The number of hydrogen-bond donors (Lipinski definition) is 2. The van der Waals surface area contributed by atoms with Gasteiger partial charge in [0.2, 0.25) is 0 Å². The van der Waals surface area contributed by atoms with E-state index in [-0.39, 0.29) is 24.0 Å². The van der Waals surface area contributed by atoms with Crippen LogP contribution in [-0.2, 0) is 4.74 Å². The van der Waals surface area contributed by atoms with Gasteiger partial charge >= 0.3 is 0 Å². The summed E-state index contributed by atoms with van der Waals surface area (Å²) in [7, 11) is 0. The standard InChI is InChI=1S/C14H26N4O.HI/c15-13(17-12-3-1-2-4-12)16-11-14(5-6-14)18-7-9-19-10-8-18;/h12H,1-11H2,(H3,15,16,17);1H. The van der Waals surface area contributed by atoms with E-state index < -0.39 is 0 Å². The molecule has 0 unspecified atom stereocenters. The zero-order valence-electron chi connectivity index (χ0n) is 12.1. The Morgan fingerprint density at radius 2 is 1.90 bits per heavy atom. The maximum absolute atomic E-state index is 6.01. The van der Waals surface area contributed by atoms with Crippen LogP contribution < -0.4 is 11.1 Å². The van der Waals surface area contributed by atoms with Gasteiger partial charge in [0.1, 0.15) is 0 Å². The number of guanidine groups is 1. The van der Waals surface area contributed by atoms with E-state index >= 15 is 0 Å². The maximum Gasteiger partial charge on any atom is 0.188 e. The number of morpholine rings is 1. The van der Waals surface area contributed by atoms with Crippen LogP contribution in [0.4, 0.5) is 0 Å². The molecule has 3 N–H and O–H groups in total. The number of aliphatic imine (C=N–C) groups is 1. The summed E-state index contributed by atoms with van der Waals surface area (Å²) < 4.78 is 5.42. The summed E-state index contributed by atoms with van der Waals surface area (Å²) in [5, 5.41) is 3.37. The summed E-state index contributed by atoms with van der Waals surface area (Å²) in [6, 6.07) is 0.558. The van der Waals surface area contributed by atoms with E-state index in [1.807, 2.05) is 0 Å². The van der Waals surface area contributed by atoms with Crippen molar-refractivity contribution in [2.24, 2.45) is 10.7 Å². The van der Waals surface area contributed by atoms with Gasteiger partial charge in [-0.2, -0.15) is 0 Å². The van der Waals surface area contributed by atoms with Crippen molar-refractivity contribution in [3.8, 4) is 0 Å². The molecule has 116 valence electrons. The van der Waals surface area contributed by atoms with Crippen molar-refractivity contribution in [1.29, 1.82) is 0 Å². The molecule has 2 aliphatic carbocycles. The predicted molar refractivity (Wildman–Crippen MR) is 91.7 cm³/mol. The normalized spacial score (nSPS) is 27.1. The SMILES string of the molecule is I.NC(=NCC1(N2CCOCC2)CC1)NC1CCCC1. The highest BCUT2D eigenvalue weighted by Crippen LogP contribution is 2.42. The summed E-state index contributed by atoms with van der Waals surface area (Å²) in [5.74, 6) is 0.645. The van der Waals surface area contributed by atoms with E-state index in [4.69, 9.17) is 10.5 Å². The first-order valence-electron chi connectivity index (χ1n) is 7.68. The molecule has 1 heterocycles. The topological polar surface area (TPSA) is 62.9 Å². The maximum atomic E-state index is 6.01. The van der Waals surface area contributed by atoms with Crippen LogP contribution in [0.3, 0.4) is 0 Å². The van der Waals surface area contributed by atoms with Gasteiger partial charge in [-0.05, 0) is 25.7 Å². The largest absolute Gasteiger partial charge is 0.379 e. The molecular formula is C14H27IN4O. The Balaban J connectivity index is 0.00000147. The minimum Gasteiger partial charge on any atom is -0.379 e. The molecule has 0 aromatic carbocycles. The molecule has 1 saturated heterocycles. The third-order valence-electron chi connectivity index (χ3n) is 4.76. The van der Waals surface area contributed by atoms with E-state index in [0.29, 0.717) is 17.5 Å². The Bertz CT molecular complexity index is 334. The lowest BCUT2D eigenvalue weighted by Crippen LogP contribution is -2.47. The summed E-state index contributed by atoms with van der Waals surface area (Å²) in [6.07, 6.45) is 7.64. The van der Waals surface area contributed by atoms with Crippen molar-refractivity contribution >= 4 is 29.9 Å². The number of nitrogens with zero attached hydrogens (tertiary/aromatic N) is 2. The molecule has 0 spiro atoms. The Morgan fingerprint density at radius 1 is 1.25 bits per heavy atom. The molecule has 0 radical (unpaired) electrons. The summed E-state index contributed by atoms with van der Waals surface area (Å²) in [6.45, 7) is 4.66. The zero-order chi connectivity index (χ0) is 13.1. The van der Waals surface area contributed by atoms with Gasteiger partial charge in [0.25, 0.3) is 0 Å². The fourth-order valence-electron chi connectivity index (χ4n) is 3.31. The van der Waals surface area contributed by atoms with Crippen molar-refractivity contribution in [2.75, 3.05) is 32.8 Å². The van der Waals surface area contributed by atoms with E-state index in [2.05, 4.69) is 15.2 Å². The number of nitrogens with two attached hydrogens (primary N) is 1. The van der Waals surface area contributed by atoms with E-state index in [1.165, 1.54) is 38.5 Å². The fraction of sp³-hybridized carbons (Fsp3) is 0.929. The molecule has 3 fully saturated rings. The van der Waals surface area contributed by atoms with Crippen molar-refractivity contribution in [3.63, 3.8) is 0 Å². The van der Waals surface area contributed by atoms with Gasteiger partial charge in [0, 0.05) is 24.7 Å². The molecule has 0 amide bonds. The first-order valence-corrected chi connectivity index (χ1v) is 7.68. The second-order valence-electron chi connectivity index (χ2n) is 6.15. The average molecular weight is 394 g/mol. The van der Waals surface area contributed by atoms with Crippen LogP contribution in [0.5, 0.6) is 0 Å². The van der Waals surface area contributed by atoms with E-state index in [0.717, 1.165) is 32.8 Å². The van der Waals surface area contributed by atoms with Gasteiger partial charge in [0.05, 0.1) is 19.8 Å². The number of rotatable bonds is 4. The Labute approximate surface area is 138 Å². The lowest BCUT2D eigenvalue weighted by Gasteiger charge is -2.34. The smallest absolute Gasteiger partial charge is 0.188 e. The van der Waals surface area contributed by atoms with Crippen LogP contribution >= 0.6 is 24.0 Å². The van der Waals surface area contributed by atoms with Gasteiger partial charge in [-0.25, -0.2) is 0 Å². The van der Waals surface area contributed by atoms with Crippen LogP contribution in [0, 0.1) is 0 Å². The van der Waals surface area contributed by atoms with E-state index in [9.17, 15) is 0 Å². The van der Waals surface area contributed by atoms with Crippen LogP contribution in [0.25, 0.3) is 0 Å². The molecule has 20 heavy (non-hydrogen) atoms. The first kappa shape index (κ1) is 16.3. The van der Waals surface area contributed by atoms with Crippen LogP contribution in [0.2, 0.25) is 0 Å². The lowest BCUT2D eigenvalue weighted by molar-refractivity contribution is 0.0117. The van der Waals surface area contributed by atoms with Gasteiger partial charge in [-0.15, -0.1) is 24.0 Å². The second kappa shape index (κ2) is 7.26. The Hall–Kier alpha value is -0.0800. The number of halogens is 1. The highest BCUT2D eigenvalue weighted by Gasteiger charge is 2.48. The summed E-state index contributed by atoms with van der Waals surface area (Å²) in [4.78, 5) is 7.14. The van der Waals surface area contributed by atoms with Gasteiger partial charge in [-0.1, -0.05) is 12.8 Å².